The minimum atomic E-state index is -1.61. The quantitative estimate of drug-likeness (QED) is 0.423. The summed E-state index contributed by atoms with van der Waals surface area (Å²) in [7, 11) is 0. The van der Waals surface area contributed by atoms with Crippen LogP contribution in [-0.4, -0.2) is 51.7 Å². The van der Waals surface area contributed by atoms with Crippen molar-refractivity contribution in [1.29, 1.82) is 0 Å². The number of aryl methyl sites for hydroxylation is 1. The number of aliphatic hydroxyl groups is 3. The molecular formula is C21H23F3N2O4S. The number of halogens is 3. The number of benzene rings is 2. The van der Waals surface area contributed by atoms with Gasteiger partial charge in [0.15, 0.2) is 17.5 Å². The summed E-state index contributed by atoms with van der Waals surface area (Å²) in [5, 5.41) is 33.5. The number of nitrogens with two attached hydrogens (primary N) is 1. The second kappa shape index (κ2) is 9.92. The number of ether oxygens (including phenoxy) is 1. The SMILES string of the molecule is Cc1ccc(SC2OC(CO)C(O)C(N/C=C(\N)c3cc(F)c(F)c(F)c3)C2O)cc1. The van der Waals surface area contributed by atoms with Gasteiger partial charge in [0.1, 0.15) is 23.7 Å². The molecule has 0 aliphatic carbocycles. The molecule has 6 N–H and O–H groups in total. The van der Waals surface area contributed by atoms with Crippen molar-refractivity contribution in [2.75, 3.05) is 6.61 Å². The van der Waals surface area contributed by atoms with E-state index < -0.39 is 53.8 Å². The molecule has 0 amide bonds. The highest BCUT2D eigenvalue weighted by Gasteiger charge is 2.44. The van der Waals surface area contributed by atoms with Gasteiger partial charge in [0.05, 0.1) is 18.3 Å². The zero-order chi connectivity index (χ0) is 22.7. The molecule has 1 aliphatic rings. The van der Waals surface area contributed by atoms with Crippen molar-refractivity contribution in [2.24, 2.45) is 5.73 Å². The van der Waals surface area contributed by atoms with Crippen LogP contribution in [-0.2, 0) is 4.74 Å². The van der Waals surface area contributed by atoms with Crippen molar-refractivity contribution >= 4 is 17.5 Å². The third-order valence-corrected chi connectivity index (χ3v) is 6.07. The van der Waals surface area contributed by atoms with Gasteiger partial charge in [0, 0.05) is 16.7 Å². The Morgan fingerprint density at radius 2 is 1.74 bits per heavy atom. The molecule has 1 heterocycles. The number of thioether (sulfide) groups is 1. The van der Waals surface area contributed by atoms with Gasteiger partial charge in [-0.1, -0.05) is 29.5 Å². The molecule has 0 spiro atoms. The van der Waals surface area contributed by atoms with E-state index in [-0.39, 0.29) is 11.3 Å². The van der Waals surface area contributed by atoms with Crippen molar-refractivity contribution in [3.05, 3.63) is 71.2 Å². The third-order valence-electron chi connectivity index (χ3n) is 4.91. The first-order chi connectivity index (χ1) is 14.7. The van der Waals surface area contributed by atoms with Gasteiger partial charge in [-0.2, -0.15) is 0 Å². The van der Waals surface area contributed by atoms with Crippen LogP contribution in [0.15, 0.2) is 47.5 Å². The van der Waals surface area contributed by atoms with Gasteiger partial charge in [-0.05, 0) is 31.2 Å². The Balaban J connectivity index is 1.79. The molecule has 0 aromatic heterocycles. The Morgan fingerprint density at radius 3 is 2.32 bits per heavy atom. The summed E-state index contributed by atoms with van der Waals surface area (Å²) in [6, 6.07) is 7.96. The summed E-state index contributed by atoms with van der Waals surface area (Å²) in [5.41, 5.74) is 5.80. The second-order valence-electron chi connectivity index (χ2n) is 7.18. The van der Waals surface area contributed by atoms with Crippen LogP contribution in [0.5, 0.6) is 0 Å². The number of hydrogen-bond donors (Lipinski definition) is 5. The van der Waals surface area contributed by atoms with E-state index >= 15 is 0 Å². The summed E-state index contributed by atoms with van der Waals surface area (Å²) in [4.78, 5) is 0.814. The lowest BCUT2D eigenvalue weighted by atomic mass is 9.97. The minimum Gasteiger partial charge on any atom is -0.397 e. The first-order valence-electron chi connectivity index (χ1n) is 9.43. The second-order valence-corrected chi connectivity index (χ2v) is 8.36. The van der Waals surface area contributed by atoms with E-state index in [0.717, 1.165) is 28.8 Å². The predicted octanol–water partition coefficient (Wildman–Crippen LogP) is 1.86. The highest BCUT2D eigenvalue weighted by molar-refractivity contribution is 7.99. The maximum absolute atomic E-state index is 13.5. The van der Waals surface area contributed by atoms with Crippen LogP contribution < -0.4 is 11.1 Å². The molecular weight excluding hydrogens is 433 g/mol. The molecule has 2 aromatic carbocycles. The van der Waals surface area contributed by atoms with Gasteiger partial charge in [0.2, 0.25) is 0 Å². The van der Waals surface area contributed by atoms with Gasteiger partial charge in [-0.15, -0.1) is 0 Å². The van der Waals surface area contributed by atoms with Gasteiger partial charge in [-0.25, -0.2) is 13.2 Å². The van der Waals surface area contributed by atoms with Crippen LogP contribution >= 0.6 is 11.8 Å². The van der Waals surface area contributed by atoms with Crippen LogP contribution in [0.3, 0.4) is 0 Å². The van der Waals surface area contributed by atoms with Gasteiger partial charge < -0.3 is 31.1 Å². The zero-order valence-corrected chi connectivity index (χ0v) is 17.3. The Hall–Kier alpha value is -2.24. The minimum absolute atomic E-state index is 0.121. The highest BCUT2D eigenvalue weighted by Crippen LogP contribution is 2.33. The molecule has 0 bridgehead atoms. The molecule has 0 radical (unpaired) electrons. The van der Waals surface area contributed by atoms with E-state index in [1.165, 1.54) is 11.8 Å². The van der Waals surface area contributed by atoms with E-state index in [9.17, 15) is 28.5 Å². The predicted molar refractivity (Wildman–Crippen MR) is 110 cm³/mol. The topological polar surface area (TPSA) is 108 Å². The lowest BCUT2D eigenvalue weighted by Crippen LogP contribution is -2.62. The Kier molecular flexibility index (Phi) is 7.50. The summed E-state index contributed by atoms with van der Waals surface area (Å²) in [5.74, 6) is -4.40. The fraction of sp³-hybridized carbons (Fsp3) is 0.333. The molecule has 2 aromatic rings. The Bertz CT molecular complexity index is 922. The maximum Gasteiger partial charge on any atom is 0.194 e. The molecule has 3 rings (SSSR count). The van der Waals surface area contributed by atoms with E-state index in [1.54, 1.807) is 0 Å². The van der Waals surface area contributed by atoms with E-state index in [1.807, 2.05) is 31.2 Å². The summed E-state index contributed by atoms with van der Waals surface area (Å²) in [6.45, 7) is 1.44. The molecule has 10 heteroatoms. The van der Waals surface area contributed by atoms with Crippen LogP contribution in [0.2, 0.25) is 0 Å². The first kappa shape index (κ1) is 23.4. The lowest BCUT2D eigenvalue weighted by molar-refractivity contribution is -0.164. The zero-order valence-electron chi connectivity index (χ0n) is 16.5. The van der Waals surface area contributed by atoms with E-state index in [0.29, 0.717) is 0 Å². The van der Waals surface area contributed by atoms with Crippen molar-refractivity contribution in [1.82, 2.24) is 5.32 Å². The first-order valence-corrected chi connectivity index (χ1v) is 10.3. The Labute approximate surface area is 181 Å². The van der Waals surface area contributed by atoms with Crippen LogP contribution in [0.25, 0.3) is 5.70 Å². The van der Waals surface area contributed by atoms with Crippen molar-refractivity contribution < 1.29 is 33.2 Å². The summed E-state index contributed by atoms with van der Waals surface area (Å²) >= 11 is 1.22. The molecule has 5 unspecified atom stereocenters. The summed E-state index contributed by atoms with van der Waals surface area (Å²) in [6.07, 6.45) is -2.37. The number of nitrogens with one attached hydrogen (secondary N) is 1. The fourth-order valence-corrected chi connectivity index (χ4v) is 4.19. The smallest absolute Gasteiger partial charge is 0.194 e. The number of rotatable bonds is 6. The molecule has 5 atom stereocenters. The van der Waals surface area contributed by atoms with Crippen molar-refractivity contribution in [3.63, 3.8) is 0 Å². The van der Waals surface area contributed by atoms with Crippen LogP contribution in [0.4, 0.5) is 13.2 Å². The van der Waals surface area contributed by atoms with Crippen LogP contribution in [0.1, 0.15) is 11.1 Å². The fourth-order valence-electron chi connectivity index (χ4n) is 3.12. The van der Waals surface area contributed by atoms with Crippen LogP contribution in [0, 0.1) is 24.4 Å². The molecule has 6 nitrogen and oxygen atoms in total. The molecule has 1 saturated heterocycles. The van der Waals surface area contributed by atoms with Crippen molar-refractivity contribution in [2.45, 2.75) is 41.6 Å². The standard InChI is InChI=1S/C21H23F3N2O4S/c1-10-2-4-12(5-3-10)31-21-20(29)18(19(28)16(9-27)30-21)26-8-15(25)11-6-13(22)17(24)14(23)7-11/h2-8,16,18-21,26-29H,9,25H2,1H3/b15-8-. The average molecular weight is 456 g/mol. The molecule has 31 heavy (non-hydrogen) atoms. The molecule has 1 aliphatic heterocycles. The number of hydrogen-bond acceptors (Lipinski definition) is 7. The van der Waals surface area contributed by atoms with E-state index in [2.05, 4.69) is 5.32 Å². The molecule has 1 fully saturated rings. The maximum atomic E-state index is 13.5. The largest absolute Gasteiger partial charge is 0.397 e. The van der Waals surface area contributed by atoms with Gasteiger partial charge in [-0.3, -0.25) is 0 Å². The lowest BCUT2D eigenvalue weighted by Gasteiger charge is -2.42. The third kappa shape index (κ3) is 5.34. The molecule has 168 valence electrons. The summed E-state index contributed by atoms with van der Waals surface area (Å²) < 4.78 is 45.7. The number of aliphatic hydroxyl groups excluding tert-OH is 3. The normalized spacial score (nSPS) is 26.7. The van der Waals surface area contributed by atoms with Gasteiger partial charge in [0.25, 0.3) is 0 Å². The van der Waals surface area contributed by atoms with E-state index in [4.69, 9.17) is 10.5 Å². The average Bonchev–Trinajstić information content (AvgIpc) is 2.74. The monoisotopic (exact) mass is 456 g/mol. The Morgan fingerprint density at radius 1 is 1.13 bits per heavy atom. The molecule has 0 saturated carbocycles. The highest BCUT2D eigenvalue weighted by atomic mass is 32.2. The van der Waals surface area contributed by atoms with Crippen molar-refractivity contribution in [3.8, 4) is 0 Å². The van der Waals surface area contributed by atoms with Gasteiger partial charge >= 0.3 is 0 Å².